The van der Waals surface area contributed by atoms with Crippen LogP contribution in [-0.4, -0.2) is 18.2 Å². The number of hydrogen-bond acceptors (Lipinski definition) is 3. The van der Waals surface area contributed by atoms with Crippen LogP contribution in [0.2, 0.25) is 0 Å². The Morgan fingerprint density at radius 3 is 3.18 bits per heavy atom. The van der Waals surface area contributed by atoms with Crippen LogP contribution in [-0.2, 0) is 0 Å². The van der Waals surface area contributed by atoms with E-state index in [9.17, 15) is 0 Å². The SMILES string of the molecule is C[C@H]1Nc2cccnc2N1C. The molecule has 0 amide bonds. The average molecular weight is 149 g/mol. The number of nitrogens with one attached hydrogen (secondary N) is 1. The first-order valence-electron chi connectivity index (χ1n) is 3.73. The van der Waals surface area contributed by atoms with Crippen LogP contribution >= 0.6 is 0 Å². The smallest absolute Gasteiger partial charge is 0.153 e. The first-order chi connectivity index (χ1) is 5.29. The molecule has 58 valence electrons. The number of anilines is 2. The van der Waals surface area contributed by atoms with Gasteiger partial charge in [-0.05, 0) is 19.1 Å². The van der Waals surface area contributed by atoms with Crippen LogP contribution in [0.1, 0.15) is 6.92 Å². The molecule has 0 saturated heterocycles. The molecule has 0 aromatic carbocycles. The minimum atomic E-state index is 0.361. The van der Waals surface area contributed by atoms with Crippen LogP contribution in [0.5, 0.6) is 0 Å². The lowest BCUT2D eigenvalue weighted by Crippen LogP contribution is -2.28. The molecule has 0 saturated carbocycles. The van der Waals surface area contributed by atoms with Gasteiger partial charge in [-0.25, -0.2) is 4.98 Å². The van der Waals surface area contributed by atoms with Gasteiger partial charge in [0.15, 0.2) is 5.82 Å². The molecule has 1 N–H and O–H groups in total. The van der Waals surface area contributed by atoms with E-state index in [2.05, 4.69) is 22.1 Å². The Balaban J connectivity index is 2.47. The maximum Gasteiger partial charge on any atom is 0.153 e. The normalized spacial score (nSPS) is 21.3. The lowest BCUT2D eigenvalue weighted by atomic mass is 10.4. The molecule has 0 aliphatic carbocycles. The van der Waals surface area contributed by atoms with Gasteiger partial charge in [0, 0.05) is 13.2 Å². The van der Waals surface area contributed by atoms with E-state index in [1.165, 1.54) is 0 Å². The molecule has 0 unspecified atom stereocenters. The zero-order valence-corrected chi connectivity index (χ0v) is 6.70. The summed E-state index contributed by atoms with van der Waals surface area (Å²) in [7, 11) is 2.04. The minimum absolute atomic E-state index is 0.361. The summed E-state index contributed by atoms with van der Waals surface area (Å²) >= 11 is 0. The van der Waals surface area contributed by atoms with E-state index in [-0.39, 0.29) is 0 Å². The first kappa shape index (κ1) is 6.46. The van der Waals surface area contributed by atoms with Crippen molar-refractivity contribution >= 4 is 11.5 Å². The van der Waals surface area contributed by atoms with Crippen molar-refractivity contribution in [3.05, 3.63) is 18.3 Å². The molecule has 1 aliphatic rings. The molecule has 11 heavy (non-hydrogen) atoms. The van der Waals surface area contributed by atoms with E-state index in [1.54, 1.807) is 0 Å². The molecule has 1 aromatic rings. The molecule has 3 heteroatoms. The van der Waals surface area contributed by atoms with E-state index >= 15 is 0 Å². The van der Waals surface area contributed by atoms with Crippen LogP contribution in [0.15, 0.2) is 18.3 Å². The van der Waals surface area contributed by atoms with Crippen LogP contribution in [0.4, 0.5) is 11.5 Å². The predicted octanol–water partition coefficient (Wildman–Crippen LogP) is 1.29. The lowest BCUT2D eigenvalue weighted by Gasteiger charge is -2.15. The molecule has 3 nitrogen and oxygen atoms in total. The molecule has 0 fully saturated rings. The minimum Gasteiger partial charge on any atom is -0.362 e. The molecule has 2 heterocycles. The van der Waals surface area contributed by atoms with Crippen LogP contribution < -0.4 is 10.2 Å². The van der Waals surface area contributed by atoms with Crippen molar-refractivity contribution in [2.45, 2.75) is 13.1 Å². The van der Waals surface area contributed by atoms with Gasteiger partial charge in [0.2, 0.25) is 0 Å². The van der Waals surface area contributed by atoms with Gasteiger partial charge in [0.05, 0.1) is 11.9 Å². The highest BCUT2D eigenvalue weighted by atomic mass is 15.3. The average Bonchev–Trinajstić information content (AvgIpc) is 2.30. The number of rotatable bonds is 0. The fourth-order valence-electron chi connectivity index (χ4n) is 1.30. The highest BCUT2D eigenvalue weighted by molar-refractivity contribution is 5.71. The van der Waals surface area contributed by atoms with Gasteiger partial charge in [-0.2, -0.15) is 0 Å². The molecule has 1 aromatic heterocycles. The summed E-state index contributed by atoms with van der Waals surface area (Å²) in [4.78, 5) is 6.37. The molecule has 2 rings (SSSR count). The third kappa shape index (κ3) is 0.843. The van der Waals surface area contributed by atoms with E-state index in [4.69, 9.17) is 0 Å². The quantitative estimate of drug-likeness (QED) is 0.602. The second-order valence-electron chi connectivity index (χ2n) is 2.81. The van der Waals surface area contributed by atoms with E-state index in [0.717, 1.165) is 11.5 Å². The summed E-state index contributed by atoms with van der Waals surface area (Å²) in [5, 5.41) is 3.31. The fraction of sp³-hybridized carbons (Fsp3) is 0.375. The number of nitrogens with zero attached hydrogens (tertiary/aromatic N) is 2. The summed E-state index contributed by atoms with van der Waals surface area (Å²) in [5.74, 6) is 1.04. The van der Waals surface area contributed by atoms with E-state index < -0.39 is 0 Å². The Hall–Kier alpha value is -1.25. The molecule has 1 atom stereocenters. The number of aromatic nitrogens is 1. The third-order valence-corrected chi connectivity index (χ3v) is 2.07. The largest absolute Gasteiger partial charge is 0.362 e. The van der Waals surface area contributed by atoms with Crippen LogP contribution in [0.25, 0.3) is 0 Å². The monoisotopic (exact) mass is 149 g/mol. The van der Waals surface area contributed by atoms with Gasteiger partial charge in [-0.1, -0.05) is 0 Å². The highest BCUT2D eigenvalue weighted by Gasteiger charge is 2.21. The zero-order chi connectivity index (χ0) is 7.84. The number of hydrogen-bond donors (Lipinski definition) is 1. The van der Waals surface area contributed by atoms with E-state index in [1.807, 2.05) is 25.4 Å². The number of pyridine rings is 1. The van der Waals surface area contributed by atoms with Crippen molar-refractivity contribution in [1.29, 1.82) is 0 Å². The summed E-state index contributed by atoms with van der Waals surface area (Å²) in [5.41, 5.74) is 1.13. The Morgan fingerprint density at radius 2 is 2.45 bits per heavy atom. The van der Waals surface area contributed by atoms with Crippen LogP contribution in [0, 0.1) is 0 Å². The molecule has 0 bridgehead atoms. The molecule has 0 spiro atoms. The molecule has 0 radical (unpaired) electrons. The third-order valence-electron chi connectivity index (χ3n) is 2.07. The van der Waals surface area contributed by atoms with Crippen molar-refractivity contribution < 1.29 is 0 Å². The van der Waals surface area contributed by atoms with E-state index in [0.29, 0.717) is 6.17 Å². The van der Waals surface area contributed by atoms with Gasteiger partial charge >= 0.3 is 0 Å². The summed E-state index contributed by atoms with van der Waals surface area (Å²) in [6.07, 6.45) is 2.18. The first-order valence-corrected chi connectivity index (χ1v) is 3.73. The van der Waals surface area contributed by atoms with Gasteiger partial charge in [-0.15, -0.1) is 0 Å². The lowest BCUT2D eigenvalue weighted by molar-refractivity contribution is 0.798. The van der Waals surface area contributed by atoms with Crippen molar-refractivity contribution in [3.63, 3.8) is 0 Å². The summed E-state index contributed by atoms with van der Waals surface area (Å²) < 4.78 is 0. The molecule has 1 aliphatic heterocycles. The van der Waals surface area contributed by atoms with Crippen molar-refractivity contribution in [2.24, 2.45) is 0 Å². The highest BCUT2D eigenvalue weighted by Crippen LogP contribution is 2.29. The second-order valence-corrected chi connectivity index (χ2v) is 2.81. The van der Waals surface area contributed by atoms with Gasteiger partial charge < -0.3 is 10.2 Å². The summed E-state index contributed by atoms with van der Waals surface area (Å²) in [6.45, 7) is 2.11. The van der Waals surface area contributed by atoms with Gasteiger partial charge in [0.1, 0.15) is 0 Å². The van der Waals surface area contributed by atoms with Crippen LogP contribution in [0.3, 0.4) is 0 Å². The van der Waals surface area contributed by atoms with Crippen molar-refractivity contribution in [1.82, 2.24) is 4.98 Å². The summed E-state index contributed by atoms with van der Waals surface area (Å²) in [6, 6.07) is 3.99. The Labute approximate surface area is 66.0 Å². The second kappa shape index (κ2) is 2.12. The number of fused-ring (bicyclic) bond motifs is 1. The molecular weight excluding hydrogens is 138 g/mol. The molecular formula is C8H11N3. The fourth-order valence-corrected chi connectivity index (χ4v) is 1.30. The van der Waals surface area contributed by atoms with Crippen molar-refractivity contribution in [2.75, 3.05) is 17.3 Å². The van der Waals surface area contributed by atoms with Gasteiger partial charge in [0.25, 0.3) is 0 Å². The Morgan fingerprint density at radius 1 is 1.64 bits per heavy atom. The predicted molar refractivity (Wildman–Crippen MR) is 45.7 cm³/mol. The van der Waals surface area contributed by atoms with Crippen molar-refractivity contribution in [3.8, 4) is 0 Å². The zero-order valence-electron chi connectivity index (χ0n) is 6.70. The Kier molecular flexibility index (Phi) is 1.24. The maximum atomic E-state index is 4.25. The maximum absolute atomic E-state index is 4.25. The standard InChI is InChI=1S/C8H11N3/c1-6-10-7-4-3-5-9-8(7)11(6)2/h3-6,10H,1-2H3/t6-/m0/s1. The van der Waals surface area contributed by atoms with Gasteiger partial charge in [-0.3, -0.25) is 0 Å². The Bertz CT molecular complexity index is 272. The topological polar surface area (TPSA) is 28.2 Å².